The van der Waals surface area contributed by atoms with Gasteiger partial charge in [-0.3, -0.25) is 10.1 Å². The first-order valence-electron chi connectivity index (χ1n) is 5.67. The van der Waals surface area contributed by atoms with Crippen LogP contribution in [0.3, 0.4) is 0 Å². The van der Waals surface area contributed by atoms with E-state index in [-0.39, 0.29) is 5.69 Å². The smallest absolute Gasteiger partial charge is 0.418 e. The molecule has 0 aliphatic heterocycles. The molecule has 1 aromatic carbocycles. The van der Waals surface area contributed by atoms with Crippen molar-refractivity contribution in [1.29, 1.82) is 0 Å². The van der Waals surface area contributed by atoms with Gasteiger partial charge in [-0.1, -0.05) is 0 Å². The molecule has 10 heteroatoms. The van der Waals surface area contributed by atoms with Gasteiger partial charge in [-0.05, 0) is 16.9 Å². The predicted molar refractivity (Wildman–Crippen MR) is 66.9 cm³/mol. The van der Waals surface area contributed by atoms with Gasteiger partial charge in [-0.15, -0.1) is 0 Å². The van der Waals surface area contributed by atoms with Gasteiger partial charge < -0.3 is 17.3 Å². The van der Waals surface area contributed by atoms with Crippen molar-refractivity contribution >= 4 is 12.9 Å². The first-order valence-corrected chi connectivity index (χ1v) is 5.67. The number of nitrogens with zero attached hydrogens (tertiary/aromatic N) is 2. The molecule has 0 aliphatic rings. The molecular weight excluding hydrogens is 295 g/mol. The SMILES string of the molecule is Cc1cc(-c2ccc([N+](=O)[O-])cc2)o[n+]1C.F[B-](F)(F)F. The quantitative estimate of drug-likeness (QED) is 0.281. The largest absolute Gasteiger partial charge is 0.673 e. The molecule has 1 aromatic heterocycles. The molecule has 1 heterocycles. The number of rotatable bonds is 2. The average molecular weight is 306 g/mol. The van der Waals surface area contributed by atoms with Gasteiger partial charge in [-0.2, -0.15) is 0 Å². The number of nitro groups is 1. The van der Waals surface area contributed by atoms with Crippen LogP contribution in [0.2, 0.25) is 0 Å². The summed E-state index contributed by atoms with van der Waals surface area (Å²) < 4.78 is 46.1. The van der Waals surface area contributed by atoms with Gasteiger partial charge >= 0.3 is 7.25 Å². The highest BCUT2D eigenvalue weighted by Crippen LogP contribution is 2.22. The molecule has 0 saturated heterocycles. The highest BCUT2D eigenvalue weighted by atomic mass is 19.5. The minimum atomic E-state index is -6.00. The third-order valence-electron chi connectivity index (χ3n) is 2.43. The van der Waals surface area contributed by atoms with Crippen LogP contribution in [0, 0.1) is 17.0 Å². The Hall–Kier alpha value is -2.39. The summed E-state index contributed by atoms with van der Waals surface area (Å²) in [6.07, 6.45) is 0. The molecule has 0 unspecified atom stereocenters. The molecule has 21 heavy (non-hydrogen) atoms. The number of aryl methyl sites for hydroxylation is 2. The Kier molecular flexibility index (Phi) is 5.06. The topological polar surface area (TPSA) is 60.2 Å². The van der Waals surface area contributed by atoms with Crippen LogP contribution in [-0.2, 0) is 7.05 Å². The summed E-state index contributed by atoms with van der Waals surface area (Å²) in [4.78, 5) is 10.1. The second-order valence-corrected chi connectivity index (χ2v) is 4.04. The number of hydrogen-bond acceptors (Lipinski definition) is 3. The van der Waals surface area contributed by atoms with Gasteiger partial charge in [0.1, 0.15) is 0 Å². The molecule has 0 radical (unpaired) electrons. The standard InChI is InChI=1S/C11H11N2O3.BF4/c1-8-7-11(16-12(8)2)9-3-5-10(6-4-9)13(14)15;2-1(3,4)5/h3-7H,1-2H3;/q+1;-1. The van der Waals surface area contributed by atoms with Crippen molar-refractivity contribution in [3.63, 3.8) is 0 Å². The molecule has 2 rings (SSSR count). The number of nitro benzene ring substituents is 1. The minimum absolute atomic E-state index is 0.0800. The fraction of sp³-hybridized carbons (Fsp3) is 0.182. The lowest BCUT2D eigenvalue weighted by atomic mass is 10.1. The molecule has 0 fully saturated rings. The maximum atomic E-state index is 10.5. The van der Waals surface area contributed by atoms with Crippen molar-refractivity contribution in [1.82, 2.24) is 0 Å². The van der Waals surface area contributed by atoms with Crippen LogP contribution in [0.5, 0.6) is 0 Å². The lowest BCUT2D eigenvalue weighted by molar-refractivity contribution is -0.847. The van der Waals surface area contributed by atoms with Crippen LogP contribution in [0.4, 0.5) is 23.0 Å². The summed E-state index contributed by atoms with van der Waals surface area (Å²) in [6, 6.07) is 8.17. The van der Waals surface area contributed by atoms with E-state index in [0.29, 0.717) is 5.76 Å². The minimum Gasteiger partial charge on any atom is -0.418 e. The maximum absolute atomic E-state index is 10.5. The molecule has 5 nitrogen and oxygen atoms in total. The van der Waals surface area contributed by atoms with Crippen LogP contribution in [0.1, 0.15) is 5.69 Å². The molecule has 2 aromatic rings. The molecule has 0 N–H and O–H groups in total. The zero-order chi connectivity index (χ0) is 16.2. The Labute approximate surface area is 117 Å². The van der Waals surface area contributed by atoms with E-state index in [4.69, 9.17) is 4.52 Å². The summed E-state index contributed by atoms with van der Waals surface area (Å²) in [5.74, 6) is 0.704. The van der Waals surface area contributed by atoms with Crippen molar-refractivity contribution in [2.45, 2.75) is 6.92 Å². The number of non-ortho nitro benzene ring substituents is 1. The van der Waals surface area contributed by atoms with Crippen LogP contribution < -0.4 is 4.74 Å². The zero-order valence-corrected chi connectivity index (χ0v) is 11.1. The van der Waals surface area contributed by atoms with Gasteiger partial charge in [0.2, 0.25) is 11.5 Å². The lowest BCUT2D eigenvalue weighted by Gasteiger charge is -1.94. The van der Waals surface area contributed by atoms with Crippen molar-refractivity contribution < 1.29 is 31.4 Å². The van der Waals surface area contributed by atoms with Gasteiger partial charge in [0.15, 0.2) is 7.05 Å². The molecule has 0 bridgehead atoms. The number of aromatic nitrogens is 1. The van der Waals surface area contributed by atoms with Gasteiger partial charge in [0.25, 0.3) is 5.69 Å². The maximum Gasteiger partial charge on any atom is 0.673 e. The normalized spacial score (nSPS) is 10.8. The van der Waals surface area contributed by atoms with Crippen molar-refractivity contribution in [2.24, 2.45) is 7.05 Å². The fourth-order valence-corrected chi connectivity index (χ4v) is 1.41. The first-order chi connectivity index (χ1) is 9.58. The van der Waals surface area contributed by atoms with E-state index < -0.39 is 12.2 Å². The number of hydrogen-bond donors (Lipinski definition) is 0. The Morgan fingerprint density at radius 2 is 1.67 bits per heavy atom. The molecular formula is C11H11BF4N2O3. The molecule has 114 valence electrons. The summed E-state index contributed by atoms with van der Waals surface area (Å²) in [5.41, 5.74) is 1.90. The fourth-order valence-electron chi connectivity index (χ4n) is 1.41. The molecule has 0 atom stereocenters. The summed E-state index contributed by atoms with van der Waals surface area (Å²) in [5, 5.41) is 10.5. The Morgan fingerprint density at radius 1 is 1.19 bits per heavy atom. The van der Waals surface area contributed by atoms with E-state index in [2.05, 4.69) is 0 Å². The Bertz CT molecular complexity index is 600. The van der Waals surface area contributed by atoms with E-state index in [0.717, 1.165) is 11.3 Å². The Balaban J connectivity index is 0.000000383. The summed E-state index contributed by atoms with van der Waals surface area (Å²) in [7, 11) is -4.19. The van der Waals surface area contributed by atoms with Crippen LogP contribution in [0.15, 0.2) is 34.9 Å². The lowest BCUT2D eigenvalue weighted by Crippen LogP contribution is -2.27. The van der Waals surface area contributed by atoms with Crippen molar-refractivity contribution in [3.05, 3.63) is 46.1 Å². The average Bonchev–Trinajstić information content (AvgIpc) is 2.68. The first kappa shape index (κ1) is 16.7. The summed E-state index contributed by atoms with van der Waals surface area (Å²) in [6.45, 7) is 1.93. The van der Waals surface area contributed by atoms with E-state index in [1.165, 1.54) is 12.1 Å². The zero-order valence-electron chi connectivity index (χ0n) is 11.1. The molecule has 0 amide bonds. The van der Waals surface area contributed by atoms with Gasteiger partial charge in [0, 0.05) is 24.6 Å². The van der Waals surface area contributed by atoms with Crippen molar-refractivity contribution in [2.75, 3.05) is 0 Å². The molecule has 0 aliphatic carbocycles. The van der Waals surface area contributed by atoms with Gasteiger partial charge in [0.05, 0.1) is 11.0 Å². The second-order valence-electron chi connectivity index (χ2n) is 4.04. The highest BCUT2D eigenvalue weighted by Gasteiger charge is 2.20. The third kappa shape index (κ3) is 5.63. The van der Waals surface area contributed by atoms with E-state index in [1.807, 2.05) is 20.0 Å². The Morgan fingerprint density at radius 3 is 2.00 bits per heavy atom. The van der Waals surface area contributed by atoms with Crippen LogP contribution in [-0.4, -0.2) is 12.2 Å². The highest BCUT2D eigenvalue weighted by molar-refractivity contribution is 6.50. The van der Waals surface area contributed by atoms with Crippen LogP contribution in [0.25, 0.3) is 11.3 Å². The van der Waals surface area contributed by atoms with Crippen LogP contribution >= 0.6 is 0 Å². The van der Waals surface area contributed by atoms with Gasteiger partial charge in [-0.25, -0.2) is 4.52 Å². The van der Waals surface area contributed by atoms with Crippen molar-refractivity contribution in [3.8, 4) is 11.3 Å². The number of benzene rings is 1. The third-order valence-corrected chi connectivity index (χ3v) is 2.43. The molecule has 0 spiro atoms. The van der Waals surface area contributed by atoms with E-state index in [9.17, 15) is 27.4 Å². The predicted octanol–water partition coefficient (Wildman–Crippen LogP) is 3.29. The second kappa shape index (κ2) is 6.38. The van der Waals surface area contributed by atoms with E-state index in [1.54, 1.807) is 16.9 Å². The number of halogens is 4. The monoisotopic (exact) mass is 306 g/mol. The molecule has 0 saturated carbocycles. The van der Waals surface area contributed by atoms with E-state index >= 15 is 0 Å². The summed E-state index contributed by atoms with van der Waals surface area (Å²) >= 11 is 0.